The quantitative estimate of drug-likeness (QED) is 0.269. The highest BCUT2D eigenvalue weighted by atomic mass is 16.5. The molecule has 0 spiro atoms. The predicted octanol–water partition coefficient (Wildman–Crippen LogP) is 5.99. The molecule has 0 amide bonds. The van der Waals surface area contributed by atoms with Crippen molar-refractivity contribution in [3.8, 4) is 0 Å². The number of allylic oxidation sites excluding steroid dienone is 1. The number of rotatable bonds is 12. The highest BCUT2D eigenvalue weighted by Gasteiger charge is 1.99. The second-order valence-electron chi connectivity index (χ2n) is 6.15. The number of esters is 1. The van der Waals surface area contributed by atoms with Crippen LogP contribution in [0.2, 0.25) is 0 Å². The van der Waals surface area contributed by atoms with Crippen molar-refractivity contribution in [1.29, 1.82) is 0 Å². The van der Waals surface area contributed by atoms with E-state index in [0.29, 0.717) is 6.61 Å². The lowest BCUT2D eigenvalue weighted by molar-refractivity contribution is -0.139. The van der Waals surface area contributed by atoms with Crippen LogP contribution in [0, 0.1) is 0 Å². The SMILES string of the molecule is CC=CC(=O)OCc1ccc(CCCCCCCCCC)cc1. The zero-order valence-corrected chi connectivity index (χ0v) is 14.9. The Balaban J connectivity index is 2.13. The maximum atomic E-state index is 11.3. The molecule has 0 aliphatic carbocycles. The van der Waals surface area contributed by atoms with Gasteiger partial charge in [0.25, 0.3) is 0 Å². The Morgan fingerprint density at radius 1 is 0.913 bits per heavy atom. The molecule has 1 aromatic rings. The lowest BCUT2D eigenvalue weighted by atomic mass is 10.0. The fourth-order valence-electron chi connectivity index (χ4n) is 2.60. The molecule has 2 heteroatoms. The van der Waals surface area contributed by atoms with E-state index in [0.717, 1.165) is 12.0 Å². The van der Waals surface area contributed by atoms with Gasteiger partial charge in [0, 0.05) is 6.08 Å². The van der Waals surface area contributed by atoms with Crippen molar-refractivity contribution in [3.05, 3.63) is 47.5 Å². The Morgan fingerprint density at radius 2 is 1.48 bits per heavy atom. The van der Waals surface area contributed by atoms with Crippen LogP contribution in [0.4, 0.5) is 0 Å². The first-order valence-electron chi connectivity index (χ1n) is 9.13. The number of hydrogen-bond donors (Lipinski definition) is 0. The molecule has 0 fully saturated rings. The average molecular weight is 316 g/mol. The van der Waals surface area contributed by atoms with Crippen molar-refractivity contribution < 1.29 is 9.53 Å². The van der Waals surface area contributed by atoms with Gasteiger partial charge in [0.2, 0.25) is 0 Å². The van der Waals surface area contributed by atoms with Gasteiger partial charge < -0.3 is 4.74 Å². The number of benzene rings is 1. The van der Waals surface area contributed by atoms with Gasteiger partial charge >= 0.3 is 5.97 Å². The molecular formula is C21H32O2. The molecule has 0 atom stereocenters. The van der Waals surface area contributed by atoms with E-state index in [1.54, 1.807) is 13.0 Å². The molecule has 1 aromatic carbocycles. The predicted molar refractivity (Wildman–Crippen MR) is 97.4 cm³/mol. The molecule has 0 saturated carbocycles. The maximum Gasteiger partial charge on any atom is 0.330 e. The van der Waals surface area contributed by atoms with Crippen LogP contribution in [0.1, 0.15) is 76.3 Å². The number of aryl methyl sites for hydroxylation is 1. The van der Waals surface area contributed by atoms with Crippen molar-refractivity contribution in [2.75, 3.05) is 0 Å². The van der Waals surface area contributed by atoms with Crippen molar-refractivity contribution in [2.45, 2.75) is 78.2 Å². The summed E-state index contributed by atoms with van der Waals surface area (Å²) in [5.74, 6) is -0.282. The van der Waals surface area contributed by atoms with Gasteiger partial charge in [-0.1, -0.05) is 82.2 Å². The zero-order valence-electron chi connectivity index (χ0n) is 14.9. The van der Waals surface area contributed by atoms with E-state index in [1.165, 1.54) is 63.0 Å². The van der Waals surface area contributed by atoms with Gasteiger partial charge in [-0.05, 0) is 30.9 Å². The van der Waals surface area contributed by atoms with Crippen LogP contribution < -0.4 is 0 Å². The van der Waals surface area contributed by atoms with E-state index >= 15 is 0 Å². The second-order valence-corrected chi connectivity index (χ2v) is 6.15. The summed E-state index contributed by atoms with van der Waals surface area (Å²) in [5.41, 5.74) is 2.42. The number of hydrogen-bond acceptors (Lipinski definition) is 2. The van der Waals surface area contributed by atoms with Crippen LogP contribution in [0.5, 0.6) is 0 Å². The molecule has 0 bridgehead atoms. The minimum atomic E-state index is -0.282. The van der Waals surface area contributed by atoms with Crippen molar-refractivity contribution in [3.63, 3.8) is 0 Å². The third-order valence-corrected chi connectivity index (χ3v) is 4.03. The van der Waals surface area contributed by atoms with E-state index in [-0.39, 0.29) is 5.97 Å². The van der Waals surface area contributed by atoms with Gasteiger partial charge in [0.05, 0.1) is 0 Å². The summed E-state index contributed by atoms with van der Waals surface area (Å²) < 4.78 is 5.14. The molecule has 0 aliphatic heterocycles. The van der Waals surface area contributed by atoms with Crippen molar-refractivity contribution in [1.82, 2.24) is 0 Å². The van der Waals surface area contributed by atoms with E-state index in [9.17, 15) is 4.79 Å². The van der Waals surface area contributed by atoms with Crippen LogP contribution >= 0.6 is 0 Å². The van der Waals surface area contributed by atoms with Gasteiger partial charge in [0.1, 0.15) is 6.61 Å². The molecule has 1 rings (SSSR count). The number of carbonyl (C=O) groups excluding carboxylic acids is 1. The van der Waals surface area contributed by atoms with Crippen LogP contribution in [-0.4, -0.2) is 5.97 Å². The average Bonchev–Trinajstić information content (AvgIpc) is 2.57. The van der Waals surface area contributed by atoms with Gasteiger partial charge in [-0.25, -0.2) is 4.79 Å². The largest absolute Gasteiger partial charge is 0.458 e. The third-order valence-electron chi connectivity index (χ3n) is 4.03. The molecule has 23 heavy (non-hydrogen) atoms. The third kappa shape index (κ3) is 9.93. The molecule has 0 heterocycles. The molecule has 2 nitrogen and oxygen atoms in total. The molecule has 128 valence electrons. The second kappa shape index (κ2) is 12.9. The molecule has 0 radical (unpaired) electrons. The van der Waals surface area contributed by atoms with Crippen molar-refractivity contribution >= 4 is 5.97 Å². The van der Waals surface area contributed by atoms with Crippen LogP contribution in [0.3, 0.4) is 0 Å². The smallest absolute Gasteiger partial charge is 0.330 e. The standard InChI is InChI=1S/C21H32O2/c1-3-5-6-7-8-9-10-11-13-19-14-16-20(17-15-19)18-23-21(22)12-4-2/h4,12,14-17H,3,5-11,13,18H2,1-2H3. The van der Waals surface area contributed by atoms with Crippen molar-refractivity contribution in [2.24, 2.45) is 0 Å². The Morgan fingerprint density at radius 3 is 2.09 bits per heavy atom. The van der Waals surface area contributed by atoms with E-state index in [4.69, 9.17) is 4.74 Å². The summed E-state index contributed by atoms with van der Waals surface area (Å²) in [4.78, 5) is 11.3. The molecular weight excluding hydrogens is 284 g/mol. The minimum absolute atomic E-state index is 0.282. The normalized spacial score (nSPS) is 11.0. The topological polar surface area (TPSA) is 26.3 Å². The molecule has 0 aliphatic rings. The molecule has 0 N–H and O–H groups in total. The Kier molecular flexibility index (Phi) is 10.9. The summed E-state index contributed by atoms with van der Waals surface area (Å²) >= 11 is 0. The summed E-state index contributed by atoms with van der Waals surface area (Å²) in [5, 5.41) is 0. The first-order chi connectivity index (χ1) is 11.3. The van der Waals surface area contributed by atoms with E-state index < -0.39 is 0 Å². The number of carbonyl (C=O) groups is 1. The van der Waals surface area contributed by atoms with Gasteiger partial charge in [-0.3, -0.25) is 0 Å². The lowest BCUT2D eigenvalue weighted by Gasteiger charge is -2.05. The van der Waals surface area contributed by atoms with Crippen LogP contribution in [0.15, 0.2) is 36.4 Å². The van der Waals surface area contributed by atoms with E-state index in [1.807, 2.05) is 0 Å². The van der Waals surface area contributed by atoms with Gasteiger partial charge in [-0.2, -0.15) is 0 Å². The fourth-order valence-corrected chi connectivity index (χ4v) is 2.60. The zero-order chi connectivity index (χ0) is 16.8. The fraction of sp³-hybridized carbons (Fsp3) is 0.571. The lowest BCUT2D eigenvalue weighted by Crippen LogP contribution is -2.00. The maximum absolute atomic E-state index is 11.3. The van der Waals surface area contributed by atoms with Crippen LogP contribution in [0.25, 0.3) is 0 Å². The van der Waals surface area contributed by atoms with Gasteiger partial charge in [0.15, 0.2) is 0 Å². The Bertz CT molecular complexity index is 445. The molecule has 0 unspecified atom stereocenters. The van der Waals surface area contributed by atoms with Gasteiger partial charge in [-0.15, -0.1) is 0 Å². The molecule has 0 saturated heterocycles. The van der Waals surface area contributed by atoms with E-state index in [2.05, 4.69) is 31.2 Å². The van der Waals surface area contributed by atoms with Crippen LogP contribution in [-0.2, 0) is 22.6 Å². The highest BCUT2D eigenvalue weighted by molar-refractivity contribution is 5.81. The first-order valence-corrected chi connectivity index (χ1v) is 9.13. The summed E-state index contributed by atoms with van der Waals surface area (Å²) in [6, 6.07) is 8.42. The highest BCUT2D eigenvalue weighted by Crippen LogP contribution is 2.12. The number of ether oxygens (including phenoxy) is 1. The monoisotopic (exact) mass is 316 g/mol. The summed E-state index contributed by atoms with van der Waals surface area (Å²) in [6.07, 6.45) is 15.1. The Hall–Kier alpha value is -1.57. The Labute approximate surface area is 141 Å². The molecule has 0 aromatic heterocycles. The summed E-state index contributed by atoms with van der Waals surface area (Å²) in [6.45, 7) is 4.42. The first kappa shape index (κ1) is 19.5. The summed E-state index contributed by atoms with van der Waals surface area (Å²) in [7, 11) is 0. The minimum Gasteiger partial charge on any atom is -0.458 e. The number of unbranched alkanes of at least 4 members (excludes halogenated alkanes) is 7.